The SMILES string of the molecule is COc1cc(Nc2cc(Oc3ccc(N(C(N)=O)c4cc(C(C)(C)C)cc(NS(C)(=O)=O)c4OC)c4ccccc34)ccn2)cc(C(=O)NCCN2CCCOCC2)c1. The van der Waals surface area contributed by atoms with Gasteiger partial charge in [0.1, 0.15) is 23.1 Å². The molecule has 1 aromatic heterocycles. The van der Waals surface area contributed by atoms with Gasteiger partial charge in [0.05, 0.1) is 44.1 Å². The molecule has 5 aromatic rings. The molecule has 0 spiro atoms. The molecule has 59 heavy (non-hydrogen) atoms. The average Bonchev–Trinajstić information content (AvgIpc) is 3.46. The molecule has 6 rings (SSSR count). The number of sulfonamides is 1. The summed E-state index contributed by atoms with van der Waals surface area (Å²) >= 11 is 0. The van der Waals surface area contributed by atoms with Gasteiger partial charge in [-0.2, -0.15) is 0 Å². The Kier molecular flexibility index (Phi) is 13.1. The molecule has 1 aliphatic rings. The number of fused-ring (bicyclic) bond motifs is 1. The van der Waals surface area contributed by atoms with Gasteiger partial charge in [0, 0.05) is 73.1 Å². The number of methoxy groups -OCH3 is 2. The van der Waals surface area contributed by atoms with Crippen molar-refractivity contribution < 1.29 is 37.0 Å². The Morgan fingerprint density at radius 3 is 2.41 bits per heavy atom. The highest BCUT2D eigenvalue weighted by atomic mass is 32.2. The molecule has 1 saturated heterocycles. The maximum atomic E-state index is 13.4. The maximum absolute atomic E-state index is 13.4. The van der Waals surface area contributed by atoms with Crippen molar-refractivity contribution in [3.8, 4) is 23.0 Å². The molecule has 0 saturated carbocycles. The number of nitrogens with one attached hydrogen (secondary N) is 3. The van der Waals surface area contributed by atoms with Crippen molar-refractivity contribution in [1.82, 2.24) is 15.2 Å². The number of pyridine rings is 1. The first kappa shape index (κ1) is 42.5. The summed E-state index contributed by atoms with van der Waals surface area (Å²) in [7, 11) is -0.783. The highest BCUT2D eigenvalue weighted by Gasteiger charge is 2.28. The third kappa shape index (κ3) is 10.7. The van der Waals surface area contributed by atoms with E-state index in [1.165, 1.54) is 12.0 Å². The molecule has 4 aromatic carbocycles. The molecule has 15 nitrogen and oxygen atoms in total. The molecule has 0 unspecified atom stereocenters. The Bertz CT molecular complexity index is 2430. The molecular formula is C43H51N7O8S. The van der Waals surface area contributed by atoms with Gasteiger partial charge in [0.2, 0.25) is 10.0 Å². The molecule has 0 bridgehead atoms. The lowest BCUT2D eigenvalue weighted by Gasteiger charge is -2.29. The number of nitrogens with zero attached hydrogens (tertiary/aromatic N) is 3. The van der Waals surface area contributed by atoms with Crippen LogP contribution in [0.25, 0.3) is 10.8 Å². The van der Waals surface area contributed by atoms with Gasteiger partial charge in [-0.05, 0) is 59.9 Å². The number of amides is 3. The first-order valence-corrected chi connectivity index (χ1v) is 21.0. The minimum atomic E-state index is -3.72. The van der Waals surface area contributed by atoms with Gasteiger partial charge in [-0.3, -0.25) is 19.3 Å². The minimum absolute atomic E-state index is 0.117. The van der Waals surface area contributed by atoms with E-state index in [0.717, 1.165) is 44.5 Å². The monoisotopic (exact) mass is 825 g/mol. The Labute approximate surface area is 344 Å². The Morgan fingerprint density at radius 2 is 1.69 bits per heavy atom. The number of hydrogen-bond donors (Lipinski definition) is 4. The summed E-state index contributed by atoms with van der Waals surface area (Å²) < 4.78 is 50.6. The van der Waals surface area contributed by atoms with Crippen molar-refractivity contribution in [2.75, 3.05) is 74.8 Å². The number of primary amides is 1. The standard InChI is InChI=1S/C43H51N7O8S/c1-43(2,3)29-24-35(48-59(6,53)54)40(56-5)37(25-29)50(42(44)52)36-12-13-38(34-11-8-7-10-33(34)36)58-31-14-15-45-39(27-31)47-30-22-28(23-32(26-30)55-4)41(51)46-16-18-49-17-9-20-57-21-19-49/h7-8,10-15,22-27,48H,9,16-21H2,1-6H3,(H2,44,52)(H,45,47)(H,46,51). The van der Waals surface area contributed by atoms with Crippen LogP contribution in [-0.2, 0) is 20.2 Å². The van der Waals surface area contributed by atoms with Crippen LogP contribution in [0.15, 0.2) is 85.1 Å². The fraction of sp³-hybridized carbons (Fsp3) is 0.326. The highest BCUT2D eigenvalue weighted by molar-refractivity contribution is 7.92. The van der Waals surface area contributed by atoms with Gasteiger partial charge in [0.25, 0.3) is 5.91 Å². The lowest BCUT2D eigenvalue weighted by molar-refractivity contribution is 0.0947. The Balaban J connectivity index is 1.27. The van der Waals surface area contributed by atoms with E-state index in [1.807, 2.05) is 45.0 Å². The number of aromatic nitrogens is 1. The van der Waals surface area contributed by atoms with Gasteiger partial charge >= 0.3 is 6.03 Å². The molecule has 0 atom stereocenters. The highest BCUT2D eigenvalue weighted by Crippen LogP contribution is 2.46. The van der Waals surface area contributed by atoms with Crippen LogP contribution in [-0.4, -0.2) is 90.1 Å². The number of hydrogen-bond acceptors (Lipinski definition) is 11. The van der Waals surface area contributed by atoms with E-state index >= 15 is 0 Å². The molecule has 1 aliphatic heterocycles. The Morgan fingerprint density at radius 1 is 0.915 bits per heavy atom. The maximum Gasteiger partial charge on any atom is 0.324 e. The van der Waals surface area contributed by atoms with Gasteiger partial charge in [-0.25, -0.2) is 18.2 Å². The van der Waals surface area contributed by atoms with E-state index in [2.05, 4.69) is 25.2 Å². The summed E-state index contributed by atoms with van der Waals surface area (Å²) in [5.74, 6) is 1.79. The second-order valence-corrected chi connectivity index (χ2v) is 16.9. The summed E-state index contributed by atoms with van der Waals surface area (Å²) in [5.41, 5.74) is 8.26. The average molecular weight is 826 g/mol. The zero-order valence-electron chi connectivity index (χ0n) is 34.1. The predicted molar refractivity (Wildman–Crippen MR) is 231 cm³/mol. The second kappa shape index (κ2) is 18.2. The summed E-state index contributed by atoms with van der Waals surface area (Å²) in [4.78, 5) is 34.7. The zero-order chi connectivity index (χ0) is 42.3. The first-order valence-electron chi connectivity index (χ1n) is 19.1. The van der Waals surface area contributed by atoms with Gasteiger partial charge in [-0.15, -0.1) is 0 Å². The molecule has 0 radical (unpaired) electrons. The van der Waals surface area contributed by atoms with Gasteiger partial charge < -0.3 is 35.3 Å². The van der Waals surface area contributed by atoms with E-state index in [1.54, 1.807) is 67.9 Å². The second-order valence-electron chi connectivity index (χ2n) is 15.1. The number of rotatable bonds is 14. The summed E-state index contributed by atoms with van der Waals surface area (Å²) in [6, 6.07) is 22.1. The molecule has 2 heterocycles. The van der Waals surface area contributed by atoms with E-state index < -0.39 is 21.5 Å². The fourth-order valence-electron chi connectivity index (χ4n) is 6.80. The normalized spacial score (nSPS) is 13.6. The smallest absolute Gasteiger partial charge is 0.324 e. The largest absolute Gasteiger partial charge is 0.497 e. The van der Waals surface area contributed by atoms with Crippen LogP contribution in [0.4, 0.5) is 33.4 Å². The number of carbonyl (C=O) groups is 2. The van der Waals surface area contributed by atoms with Crippen molar-refractivity contribution in [2.45, 2.75) is 32.6 Å². The van der Waals surface area contributed by atoms with E-state index in [0.29, 0.717) is 63.9 Å². The van der Waals surface area contributed by atoms with Gasteiger partial charge in [0.15, 0.2) is 5.75 Å². The summed E-state index contributed by atoms with van der Waals surface area (Å²) in [5, 5.41) is 7.56. The van der Waals surface area contributed by atoms with E-state index in [-0.39, 0.29) is 23.0 Å². The third-order valence-corrected chi connectivity index (χ3v) is 10.3. The van der Waals surface area contributed by atoms with Crippen LogP contribution >= 0.6 is 0 Å². The lowest BCUT2D eigenvalue weighted by atomic mass is 9.86. The van der Waals surface area contributed by atoms with E-state index in [9.17, 15) is 18.0 Å². The molecular weight excluding hydrogens is 775 g/mol. The van der Waals surface area contributed by atoms with Crippen LogP contribution in [0.1, 0.15) is 43.1 Å². The van der Waals surface area contributed by atoms with Crippen LogP contribution < -0.4 is 40.2 Å². The summed E-state index contributed by atoms with van der Waals surface area (Å²) in [6.07, 6.45) is 3.61. The van der Waals surface area contributed by atoms with Crippen LogP contribution in [0.5, 0.6) is 23.0 Å². The van der Waals surface area contributed by atoms with Crippen molar-refractivity contribution in [3.63, 3.8) is 0 Å². The number of anilines is 5. The van der Waals surface area contributed by atoms with Crippen LogP contribution in [0, 0.1) is 0 Å². The molecule has 16 heteroatoms. The van der Waals surface area contributed by atoms with Crippen molar-refractivity contribution in [2.24, 2.45) is 5.73 Å². The molecule has 0 aliphatic carbocycles. The number of carbonyl (C=O) groups excluding carboxylic acids is 2. The van der Waals surface area contributed by atoms with Crippen LogP contribution in [0.2, 0.25) is 0 Å². The zero-order valence-corrected chi connectivity index (χ0v) is 34.9. The Hall–Kier alpha value is -6.10. The fourth-order valence-corrected chi connectivity index (χ4v) is 7.35. The quantitative estimate of drug-likeness (QED) is 0.0893. The van der Waals surface area contributed by atoms with Gasteiger partial charge in [-0.1, -0.05) is 45.0 Å². The van der Waals surface area contributed by atoms with Crippen molar-refractivity contribution in [3.05, 3.63) is 96.2 Å². The van der Waals surface area contributed by atoms with Crippen LogP contribution in [0.3, 0.4) is 0 Å². The topological polar surface area (TPSA) is 187 Å². The predicted octanol–water partition coefficient (Wildman–Crippen LogP) is 7.13. The van der Waals surface area contributed by atoms with Crippen molar-refractivity contribution in [1.29, 1.82) is 0 Å². The number of benzene rings is 4. The lowest BCUT2D eigenvalue weighted by Crippen LogP contribution is -2.36. The molecule has 1 fully saturated rings. The molecule has 312 valence electrons. The third-order valence-electron chi connectivity index (χ3n) is 9.66. The van der Waals surface area contributed by atoms with Crippen molar-refractivity contribution >= 4 is 61.3 Å². The summed E-state index contributed by atoms with van der Waals surface area (Å²) in [6.45, 7) is 10.4. The number of ether oxygens (including phenoxy) is 4. The van der Waals surface area contributed by atoms with E-state index in [4.69, 9.17) is 24.7 Å². The number of nitrogens with two attached hydrogens (primary N) is 1. The number of urea groups is 1. The minimum Gasteiger partial charge on any atom is -0.497 e. The molecule has 5 N–H and O–H groups in total. The molecule has 3 amide bonds. The first-order chi connectivity index (χ1) is 28.1.